The number of aliphatic hydroxyl groups excluding tert-OH is 2. The maximum Gasteiger partial charge on any atom is 0.315 e. The molecule has 5 atom stereocenters. The summed E-state index contributed by atoms with van der Waals surface area (Å²) in [5.74, 6) is 2.35. The van der Waals surface area contributed by atoms with Crippen LogP contribution in [0.4, 0.5) is 4.79 Å². The Morgan fingerprint density at radius 2 is 1.46 bits per heavy atom. The molecule has 2 amide bonds. The highest BCUT2D eigenvalue weighted by atomic mass is 16.7. The Hall–Kier alpha value is -4.05. The first-order chi connectivity index (χ1) is 26.2. The average Bonchev–Trinajstić information content (AvgIpc) is 3.19. The third kappa shape index (κ3) is 8.28. The second kappa shape index (κ2) is 16.0. The van der Waals surface area contributed by atoms with E-state index < -0.39 is 12.4 Å². The lowest BCUT2D eigenvalue weighted by Gasteiger charge is -2.56. The minimum Gasteiger partial charge on any atom is -0.392 e. The van der Waals surface area contributed by atoms with Crippen LogP contribution in [0, 0.1) is 17.8 Å². The molecule has 1 aliphatic heterocycles. The number of hydrogen-bond acceptors (Lipinski definition) is 6. The van der Waals surface area contributed by atoms with Gasteiger partial charge in [0.25, 0.3) is 0 Å². The summed E-state index contributed by atoms with van der Waals surface area (Å²) in [7, 11) is 2.03. The quantitative estimate of drug-likeness (QED) is 0.117. The zero-order valence-electron chi connectivity index (χ0n) is 31.6. The highest BCUT2D eigenvalue weighted by molar-refractivity contribution is 5.75. The average molecular weight is 730 g/mol. The van der Waals surface area contributed by atoms with Gasteiger partial charge in [0.1, 0.15) is 0 Å². The zero-order chi connectivity index (χ0) is 37.2. The summed E-state index contributed by atoms with van der Waals surface area (Å²) in [5, 5.41) is 27.4. The Labute approximate surface area is 319 Å². The molecule has 0 unspecified atom stereocenters. The summed E-state index contributed by atoms with van der Waals surface area (Å²) in [6.45, 7) is 3.11. The van der Waals surface area contributed by atoms with Crippen LogP contribution in [0.3, 0.4) is 0 Å². The molecular formula is C46H55N3O5. The van der Waals surface area contributed by atoms with E-state index in [0.717, 1.165) is 76.0 Å². The van der Waals surface area contributed by atoms with Crippen molar-refractivity contribution in [1.82, 2.24) is 15.5 Å². The highest BCUT2D eigenvalue weighted by Crippen LogP contribution is 2.55. The van der Waals surface area contributed by atoms with Crippen LogP contribution in [0.1, 0.15) is 98.2 Å². The van der Waals surface area contributed by atoms with Crippen molar-refractivity contribution in [1.29, 1.82) is 0 Å². The van der Waals surface area contributed by atoms with Gasteiger partial charge in [-0.3, -0.25) is 4.90 Å². The van der Waals surface area contributed by atoms with Crippen LogP contribution >= 0.6 is 0 Å². The third-order valence-electron chi connectivity index (χ3n) is 12.7. The number of amides is 2. The largest absolute Gasteiger partial charge is 0.392 e. The number of urea groups is 1. The van der Waals surface area contributed by atoms with Gasteiger partial charge in [0, 0.05) is 36.7 Å². The molecule has 5 fully saturated rings. The van der Waals surface area contributed by atoms with Crippen molar-refractivity contribution in [2.24, 2.45) is 17.8 Å². The summed E-state index contributed by atoms with van der Waals surface area (Å²) in [5.41, 5.74) is 6.85. The Balaban J connectivity index is 0.956. The normalized spacial score (nSPS) is 28.5. The molecule has 4 N–H and O–H groups in total. The topological polar surface area (TPSA) is 103 Å². The first-order valence-corrected chi connectivity index (χ1v) is 19.9. The van der Waals surface area contributed by atoms with Gasteiger partial charge in [-0.15, -0.1) is 0 Å². The Kier molecular flexibility index (Phi) is 10.9. The number of nitrogens with zero attached hydrogens (tertiary/aromatic N) is 1. The van der Waals surface area contributed by atoms with E-state index in [4.69, 9.17) is 9.47 Å². The number of likely N-dealkylation sites (N-methyl/N-ethyl adjacent to an activating group) is 1. The number of carbonyl (C=O) groups excluding carboxylic acids is 1. The van der Waals surface area contributed by atoms with Crippen molar-refractivity contribution in [3.8, 4) is 11.1 Å². The summed E-state index contributed by atoms with van der Waals surface area (Å²) in [4.78, 5) is 15.4. The van der Waals surface area contributed by atoms with Gasteiger partial charge < -0.3 is 30.3 Å². The maximum absolute atomic E-state index is 13.2. The molecule has 0 spiro atoms. The standard InChI is InChI=1S/C46H55N3O5/c1-30(43(51)37-9-4-3-5-10-37)49(2)28-41-23-42(36-16-14-31(29-50)15-17-36)54-44(53-41)40-13-7-12-39(22-40)38-11-6-8-32(21-38)27-47-45(52)48-46-24-33-18-34(25-46)20-35(19-33)26-46/h3-17,21-22,30,33-35,41-44,50-51H,18-20,23-29H2,1-2H3,(H2,47,48,52)/t30-,33?,34?,35?,41+,42-,43-,44-,46?/m1/s1. The molecule has 4 saturated carbocycles. The fourth-order valence-electron chi connectivity index (χ4n) is 10.1. The number of hydrogen-bond donors (Lipinski definition) is 4. The van der Waals surface area contributed by atoms with Crippen molar-refractivity contribution in [3.63, 3.8) is 0 Å². The van der Waals surface area contributed by atoms with Gasteiger partial charge in [0.2, 0.25) is 0 Å². The fourth-order valence-corrected chi connectivity index (χ4v) is 10.1. The van der Waals surface area contributed by atoms with E-state index in [9.17, 15) is 15.0 Å². The van der Waals surface area contributed by atoms with Crippen LogP contribution in [0.2, 0.25) is 0 Å². The Morgan fingerprint density at radius 3 is 2.15 bits per heavy atom. The van der Waals surface area contributed by atoms with Crippen LogP contribution in [0.15, 0.2) is 103 Å². The maximum atomic E-state index is 13.2. The van der Waals surface area contributed by atoms with Gasteiger partial charge in [-0.1, -0.05) is 91.0 Å². The summed E-state index contributed by atoms with van der Waals surface area (Å²) < 4.78 is 13.4. The molecule has 1 heterocycles. The van der Waals surface area contributed by atoms with Crippen molar-refractivity contribution in [2.75, 3.05) is 13.6 Å². The molecule has 54 heavy (non-hydrogen) atoms. The first kappa shape index (κ1) is 36.9. The molecule has 284 valence electrons. The molecule has 4 bridgehead atoms. The summed E-state index contributed by atoms with van der Waals surface area (Å²) in [6, 6.07) is 34.2. The molecule has 5 aliphatic rings. The van der Waals surface area contributed by atoms with Crippen molar-refractivity contribution in [3.05, 3.63) is 131 Å². The monoisotopic (exact) mass is 729 g/mol. The van der Waals surface area contributed by atoms with E-state index in [0.29, 0.717) is 19.5 Å². The molecule has 0 radical (unpaired) electrons. The van der Waals surface area contributed by atoms with E-state index in [1.807, 2.05) is 86.8 Å². The number of benzene rings is 4. The highest BCUT2D eigenvalue weighted by Gasteiger charge is 2.51. The Morgan fingerprint density at radius 1 is 0.796 bits per heavy atom. The van der Waals surface area contributed by atoms with Gasteiger partial charge in [-0.2, -0.15) is 0 Å². The van der Waals surface area contributed by atoms with E-state index >= 15 is 0 Å². The van der Waals surface area contributed by atoms with Gasteiger partial charge in [-0.25, -0.2) is 4.79 Å². The molecule has 8 heteroatoms. The molecular weight excluding hydrogens is 675 g/mol. The van der Waals surface area contributed by atoms with Gasteiger partial charge >= 0.3 is 6.03 Å². The molecule has 4 aliphatic carbocycles. The minimum atomic E-state index is -0.632. The van der Waals surface area contributed by atoms with E-state index in [1.165, 1.54) is 19.3 Å². The number of rotatable bonds is 12. The number of ether oxygens (including phenoxy) is 2. The third-order valence-corrected chi connectivity index (χ3v) is 12.7. The molecule has 8 nitrogen and oxygen atoms in total. The minimum absolute atomic E-state index is 0.00825. The first-order valence-electron chi connectivity index (χ1n) is 19.9. The van der Waals surface area contributed by atoms with Crippen LogP contribution in [0.5, 0.6) is 0 Å². The fraction of sp³-hybridized carbons (Fsp3) is 0.457. The smallest absolute Gasteiger partial charge is 0.315 e. The van der Waals surface area contributed by atoms with Crippen LogP contribution in [-0.4, -0.2) is 52.4 Å². The van der Waals surface area contributed by atoms with Crippen molar-refractivity contribution >= 4 is 6.03 Å². The summed E-state index contributed by atoms with van der Waals surface area (Å²) >= 11 is 0. The van der Waals surface area contributed by atoms with Gasteiger partial charge in [0.05, 0.1) is 24.9 Å². The molecule has 4 aromatic rings. The van der Waals surface area contributed by atoms with Gasteiger partial charge in [0.15, 0.2) is 6.29 Å². The van der Waals surface area contributed by atoms with Crippen LogP contribution in [0.25, 0.3) is 11.1 Å². The van der Waals surface area contributed by atoms with E-state index in [2.05, 4.69) is 45.9 Å². The lowest BCUT2D eigenvalue weighted by atomic mass is 9.53. The number of aliphatic hydroxyl groups is 2. The van der Waals surface area contributed by atoms with Crippen LogP contribution in [-0.2, 0) is 22.6 Å². The second-order valence-corrected chi connectivity index (χ2v) is 16.7. The van der Waals surface area contributed by atoms with Gasteiger partial charge in [-0.05, 0) is 116 Å². The molecule has 0 aromatic heterocycles. The zero-order valence-corrected chi connectivity index (χ0v) is 31.6. The number of carbonyl (C=O) groups is 1. The second-order valence-electron chi connectivity index (χ2n) is 16.7. The molecule has 9 rings (SSSR count). The van der Waals surface area contributed by atoms with Crippen molar-refractivity contribution in [2.45, 2.75) is 101 Å². The molecule has 1 saturated heterocycles. The Bertz CT molecular complexity index is 1850. The predicted molar refractivity (Wildman–Crippen MR) is 210 cm³/mol. The summed E-state index contributed by atoms with van der Waals surface area (Å²) in [6.07, 6.45) is 6.51. The van der Waals surface area contributed by atoms with Crippen LogP contribution < -0.4 is 10.6 Å². The predicted octanol–water partition coefficient (Wildman–Crippen LogP) is 8.21. The SMILES string of the molecule is C[C@H]([C@@H](O)c1ccccc1)N(C)C[C@@H]1C[C@H](c2ccc(CO)cc2)O[C@H](c2cccc(-c3cccc(CNC(=O)NC45CC6CC(CC(C6)C4)C5)c3)c2)O1. The number of nitrogens with one attached hydrogen (secondary N) is 2. The van der Waals surface area contributed by atoms with E-state index in [-0.39, 0.29) is 36.4 Å². The van der Waals surface area contributed by atoms with E-state index in [1.54, 1.807) is 0 Å². The lowest BCUT2D eigenvalue weighted by molar-refractivity contribution is -0.253. The lowest BCUT2D eigenvalue weighted by Crippen LogP contribution is -2.61. The van der Waals surface area contributed by atoms with Crippen molar-refractivity contribution < 1.29 is 24.5 Å². The molecule has 4 aromatic carbocycles.